The quantitative estimate of drug-likeness (QED) is 0.630. The van der Waals surface area contributed by atoms with Gasteiger partial charge < -0.3 is 10.2 Å². The first-order valence-electron chi connectivity index (χ1n) is 9.47. The van der Waals surface area contributed by atoms with Crippen LogP contribution >= 0.6 is 11.3 Å². The summed E-state index contributed by atoms with van der Waals surface area (Å²) in [5.74, 6) is 0.197. The molecule has 1 aliphatic heterocycles. The number of benzene rings is 1. The van der Waals surface area contributed by atoms with E-state index in [0.717, 1.165) is 10.6 Å². The number of nitrogens with one attached hydrogen (secondary N) is 1. The third kappa shape index (κ3) is 4.46. The summed E-state index contributed by atoms with van der Waals surface area (Å²) in [6.07, 6.45) is 3.22. The van der Waals surface area contributed by atoms with Crippen molar-refractivity contribution in [3.8, 4) is 0 Å². The first kappa shape index (κ1) is 20.0. The number of nitrogens with zero attached hydrogens (tertiary/aromatic N) is 4. The predicted octanol–water partition coefficient (Wildman–Crippen LogP) is 3.38. The summed E-state index contributed by atoms with van der Waals surface area (Å²) in [7, 11) is 0. The molecule has 0 bridgehead atoms. The molecule has 4 rings (SSSR count). The highest BCUT2D eigenvalue weighted by atomic mass is 32.1. The highest BCUT2D eigenvalue weighted by Crippen LogP contribution is 2.21. The molecule has 0 aliphatic carbocycles. The van der Waals surface area contributed by atoms with Crippen LogP contribution in [0, 0.1) is 0 Å². The van der Waals surface area contributed by atoms with Crippen LogP contribution in [-0.4, -0.2) is 39.9 Å². The molecule has 1 aliphatic rings. The maximum absolute atomic E-state index is 12.8. The Labute approximate surface area is 177 Å². The molecule has 1 saturated heterocycles. The molecule has 1 N–H and O–H groups in total. The second-order valence-electron chi connectivity index (χ2n) is 6.82. The number of carbonyl (C=O) groups is 2. The number of hydrogen-bond acceptors (Lipinski definition) is 5. The predicted molar refractivity (Wildman–Crippen MR) is 112 cm³/mol. The molecule has 0 atom stereocenters. The van der Waals surface area contributed by atoms with Gasteiger partial charge >= 0.3 is 6.03 Å². The number of rotatable bonds is 7. The van der Waals surface area contributed by atoms with Crippen molar-refractivity contribution >= 4 is 29.1 Å². The molecule has 1 aromatic carbocycles. The molecule has 7 nitrogen and oxygen atoms in total. The molecule has 3 heterocycles. The fourth-order valence-electron chi connectivity index (χ4n) is 3.20. The Bertz CT molecular complexity index is 1030. The molecule has 0 unspecified atom stereocenters. The van der Waals surface area contributed by atoms with Crippen LogP contribution in [-0.2, 0) is 19.8 Å². The average Bonchev–Trinajstić information content (AvgIpc) is 3.43. The summed E-state index contributed by atoms with van der Waals surface area (Å²) in [5.41, 5.74) is 1.98. The van der Waals surface area contributed by atoms with Gasteiger partial charge in [-0.1, -0.05) is 24.3 Å². The van der Waals surface area contributed by atoms with Crippen LogP contribution in [0.3, 0.4) is 0 Å². The van der Waals surface area contributed by atoms with E-state index in [1.165, 1.54) is 17.5 Å². The van der Waals surface area contributed by atoms with Crippen molar-refractivity contribution in [2.75, 3.05) is 18.0 Å². The van der Waals surface area contributed by atoms with Crippen LogP contribution in [0.4, 0.5) is 15.0 Å². The Morgan fingerprint density at radius 1 is 1.10 bits per heavy atom. The second kappa shape index (κ2) is 9.00. The molecule has 9 heteroatoms. The molecule has 2 aromatic heterocycles. The smallest absolute Gasteiger partial charge is 0.326 e. The van der Waals surface area contributed by atoms with Crippen LogP contribution in [0.1, 0.15) is 26.5 Å². The van der Waals surface area contributed by atoms with Crippen LogP contribution in [0.2, 0.25) is 0 Å². The lowest BCUT2D eigenvalue weighted by Gasteiger charge is -2.18. The zero-order valence-electron chi connectivity index (χ0n) is 16.1. The van der Waals surface area contributed by atoms with E-state index in [1.807, 2.05) is 17.5 Å². The van der Waals surface area contributed by atoms with Gasteiger partial charge in [0.1, 0.15) is 17.5 Å². The van der Waals surface area contributed by atoms with Gasteiger partial charge in [-0.3, -0.25) is 9.69 Å². The number of halogens is 1. The summed E-state index contributed by atoms with van der Waals surface area (Å²) >= 11 is 1.47. The standard InChI is InChI=1S/C21H20FN5O2S/c22-12-15-1-3-16(4-2-15)14-26-8-9-27(21(26)29)18-11-17(5-6-23-18)20(28)25-13-19-24-7-10-30-19/h1-7,10-11H,8-9,12-14H2,(H,25,28). The number of anilines is 1. The first-order chi connectivity index (χ1) is 14.6. The molecular formula is C21H20FN5O2S. The van der Waals surface area contributed by atoms with Gasteiger partial charge in [0.05, 0.1) is 6.54 Å². The number of aromatic nitrogens is 2. The first-order valence-corrected chi connectivity index (χ1v) is 10.3. The van der Waals surface area contributed by atoms with E-state index < -0.39 is 6.67 Å². The number of hydrogen-bond donors (Lipinski definition) is 1. The topological polar surface area (TPSA) is 78.4 Å². The number of alkyl halides is 1. The highest BCUT2D eigenvalue weighted by Gasteiger charge is 2.30. The molecule has 0 saturated carbocycles. The van der Waals surface area contributed by atoms with Gasteiger partial charge in [0.2, 0.25) is 0 Å². The maximum atomic E-state index is 12.8. The number of amides is 3. The molecule has 3 aromatic rings. The lowest BCUT2D eigenvalue weighted by molar-refractivity contribution is 0.0950. The molecule has 0 spiro atoms. The average molecular weight is 425 g/mol. The van der Waals surface area contributed by atoms with Crippen molar-refractivity contribution in [2.45, 2.75) is 19.8 Å². The van der Waals surface area contributed by atoms with Crippen molar-refractivity contribution in [1.29, 1.82) is 0 Å². The van der Waals surface area contributed by atoms with Crippen LogP contribution < -0.4 is 10.2 Å². The van der Waals surface area contributed by atoms with E-state index in [-0.39, 0.29) is 11.9 Å². The number of pyridine rings is 1. The Morgan fingerprint density at radius 3 is 2.63 bits per heavy atom. The molecular weight excluding hydrogens is 405 g/mol. The highest BCUT2D eigenvalue weighted by molar-refractivity contribution is 7.09. The Morgan fingerprint density at radius 2 is 1.90 bits per heavy atom. The SMILES string of the molecule is O=C(NCc1nccs1)c1ccnc(N2CCN(Cc3ccc(CF)cc3)C2=O)c1. The van der Waals surface area contributed by atoms with Crippen molar-refractivity contribution in [3.63, 3.8) is 0 Å². The van der Waals surface area contributed by atoms with E-state index in [0.29, 0.717) is 43.1 Å². The largest absolute Gasteiger partial charge is 0.346 e. The molecule has 0 radical (unpaired) electrons. The minimum atomic E-state index is -0.504. The Hall–Kier alpha value is -3.33. The van der Waals surface area contributed by atoms with Crippen molar-refractivity contribution < 1.29 is 14.0 Å². The van der Waals surface area contributed by atoms with Gasteiger partial charge in [-0.25, -0.2) is 19.2 Å². The number of thiazole rings is 1. The summed E-state index contributed by atoms with van der Waals surface area (Å²) in [4.78, 5) is 37.0. The van der Waals surface area contributed by atoms with Crippen LogP contribution in [0.15, 0.2) is 54.2 Å². The van der Waals surface area contributed by atoms with Crippen LogP contribution in [0.25, 0.3) is 0 Å². The van der Waals surface area contributed by atoms with Gasteiger partial charge in [0.25, 0.3) is 5.91 Å². The third-order valence-electron chi connectivity index (χ3n) is 4.81. The Kier molecular flexibility index (Phi) is 5.99. The zero-order chi connectivity index (χ0) is 20.9. The van der Waals surface area contributed by atoms with Crippen molar-refractivity contribution in [2.24, 2.45) is 0 Å². The summed E-state index contributed by atoms with van der Waals surface area (Å²) in [5, 5.41) is 5.50. The van der Waals surface area contributed by atoms with Gasteiger partial charge in [-0.15, -0.1) is 11.3 Å². The molecule has 30 heavy (non-hydrogen) atoms. The second-order valence-corrected chi connectivity index (χ2v) is 7.80. The molecule has 3 amide bonds. The Balaban J connectivity index is 1.40. The van der Waals surface area contributed by atoms with E-state index in [9.17, 15) is 14.0 Å². The lowest BCUT2D eigenvalue weighted by Crippen LogP contribution is -2.32. The fraction of sp³-hybridized carbons (Fsp3) is 0.238. The maximum Gasteiger partial charge on any atom is 0.326 e. The monoisotopic (exact) mass is 425 g/mol. The van der Waals surface area contributed by atoms with E-state index in [1.54, 1.807) is 40.3 Å². The van der Waals surface area contributed by atoms with Gasteiger partial charge in [-0.2, -0.15) is 0 Å². The lowest BCUT2D eigenvalue weighted by atomic mass is 10.1. The number of carbonyl (C=O) groups excluding carboxylic acids is 2. The third-order valence-corrected chi connectivity index (χ3v) is 5.59. The van der Waals surface area contributed by atoms with E-state index >= 15 is 0 Å². The fourth-order valence-corrected chi connectivity index (χ4v) is 3.76. The number of urea groups is 1. The van der Waals surface area contributed by atoms with Gasteiger partial charge in [-0.05, 0) is 23.3 Å². The molecule has 1 fully saturated rings. The van der Waals surface area contributed by atoms with Gasteiger partial charge in [0.15, 0.2) is 0 Å². The summed E-state index contributed by atoms with van der Waals surface area (Å²) in [6, 6.07) is 10.2. The van der Waals surface area contributed by atoms with Gasteiger partial charge in [0, 0.05) is 43.0 Å². The minimum absolute atomic E-state index is 0.169. The van der Waals surface area contributed by atoms with Crippen LogP contribution in [0.5, 0.6) is 0 Å². The summed E-state index contributed by atoms with van der Waals surface area (Å²) in [6.45, 7) is 1.32. The zero-order valence-corrected chi connectivity index (χ0v) is 16.9. The van der Waals surface area contributed by atoms with E-state index in [4.69, 9.17) is 0 Å². The molecule has 154 valence electrons. The minimum Gasteiger partial charge on any atom is -0.346 e. The van der Waals surface area contributed by atoms with Crippen molar-refractivity contribution in [1.82, 2.24) is 20.2 Å². The normalized spacial score (nSPS) is 13.7. The van der Waals surface area contributed by atoms with E-state index in [2.05, 4.69) is 15.3 Å². The van der Waals surface area contributed by atoms with Crippen molar-refractivity contribution in [3.05, 3.63) is 75.9 Å². The summed E-state index contributed by atoms with van der Waals surface area (Å²) < 4.78 is 12.7.